The van der Waals surface area contributed by atoms with Crippen molar-refractivity contribution in [3.8, 4) is 0 Å². The van der Waals surface area contributed by atoms with Gasteiger partial charge in [0.05, 0.1) is 0 Å². The lowest BCUT2D eigenvalue weighted by Gasteiger charge is -2.18. The molecule has 1 heterocycles. The van der Waals surface area contributed by atoms with Gasteiger partial charge < -0.3 is 10.6 Å². The Bertz CT molecular complexity index is 338. The molecule has 2 rings (SSSR count). The van der Waals surface area contributed by atoms with Gasteiger partial charge in [-0.2, -0.15) is 0 Å². The number of fused-ring (bicyclic) bond motifs is 1. The van der Waals surface area contributed by atoms with Crippen molar-refractivity contribution in [1.29, 1.82) is 0 Å². The maximum absolute atomic E-state index is 6.12. The second-order valence-corrected chi connectivity index (χ2v) is 4.21. The third-order valence-corrected chi connectivity index (χ3v) is 3.30. The summed E-state index contributed by atoms with van der Waals surface area (Å²) >= 11 is 6.12. The Morgan fingerprint density at radius 3 is 3.00 bits per heavy atom. The van der Waals surface area contributed by atoms with Crippen LogP contribution < -0.4 is 10.6 Å². The molecule has 2 N–H and O–H groups in total. The van der Waals surface area contributed by atoms with Crippen molar-refractivity contribution in [1.82, 2.24) is 5.32 Å². The van der Waals surface area contributed by atoms with E-state index in [2.05, 4.69) is 23.6 Å². The summed E-state index contributed by atoms with van der Waals surface area (Å²) in [7, 11) is 1.98. The van der Waals surface area contributed by atoms with Gasteiger partial charge in [0.2, 0.25) is 0 Å². The fraction of sp³-hybridized carbons (Fsp3) is 0.455. The molecule has 76 valence electrons. The zero-order valence-electron chi connectivity index (χ0n) is 8.47. The topological polar surface area (TPSA) is 24.1 Å². The minimum absolute atomic E-state index is 0.454. The lowest BCUT2D eigenvalue weighted by molar-refractivity contribution is 0.527. The monoisotopic (exact) mass is 210 g/mol. The van der Waals surface area contributed by atoms with Crippen LogP contribution in [0.15, 0.2) is 18.2 Å². The average molecular weight is 211 g/mol. The van der Waals surface area contributed by atoms with E-state index in [9.17, 15) is 0 Å². The molecule has 1 aliphatic rings. The van der Waals surface area contributed by atoms with Crippen LogP contribution in [0.3, 0.4) is 0 Å². The molecule has 0 aromatic heterocycles. The van der Waals surface area contributed by atoms with E-state index < -0.39 is 0 Å². The highest BCUT2D eigenvalue weighted by atomic mass is 35.5. The van der Waals surface area contributed by atoms with Crippen molar-refractivity contribution in [3.05, 3.63) is 28.8 Å². The zero-order valence-corrected chi connectivity index (χ0v) is 9.23. The fourth-order valence-electron chi connectivity index (χ4n) is 1.87. The standard InChI is InChI=1S/C11H15ClN2/c1-7(13-2)11-6-8-9(12)4-3-5-10(8)14-11/h3-5,7,11,13-14H,6H2,1-2H3. The molecule has 1 aliphatic heterocycles. The summed E-state index contributed by atoms with van der Waals surface area (Å²) in [5, 5.41) is 7.61. The second kappa shape index (κ2) is 3.79. The summed E-state index contributed by atoms with van der Waals surface area (Å²) in [6.07, 6.45) is 1.01. The van der Waals surface area contributed by atoms with Gasteiger partial charge in [-0.15, -0.1) is 0 Å². The molecule has 0 aliphatic carbocycles. The van der Waals surface area contributed by atoms with Crippen molar-refractivity contribution in [3.63, 3.8) is 0 Å². The smallest absolute Gasteiger partial charge is 0.0459 e. The van der Waals surface area contributed by atoms with Crippen LogP contribution in [-0.2, 0) is 6.42 Å². The van der Waals surface area contributed by atoms with Crippen molar-refractivity contribution in [2.75, 3.05) is 12.4 Å². The molecule has 1 aromatic carbocycles. The van der Waals surface area contributed by atoms with E-state index in [-0.39, 0.29) is 0 Å². The van der Waals surface area contributed by atoms with Crippen LogP contribution in [0.1, 0.15) is 12.5 Å². The summed E-state index contributed by atoms with van der Waals surface area (Å²) in [5.74, 6) is 0. The number of likely N-dealkylation sites (N-methyl/N-ethyl adjacent to an activating group) is 1. The van der Waals surface area contributed by atoms with Gasteiger partial charge in [0.25, 0.3) is 0 Å². The van der Waals surface area contributed by atoms with Crippen LogP contribution in [0.5, 0.6) is 0 Å². The summed E-state index contributed by atoms with van der Waals surface area (Å²) in [4.78, 5) is 0. The molecule has 2 nitrogen and oxygen atoms in total. The van der Waals surface area contributed by atoms with Gasteiger partial charge in [-0.3, -0.25) is 0 Å². The normalized spacial score (nSPS) is 21.5. The van der Waals surface area contributed by atoms with Gasteiger partial charge in [0, 0.05) is 22.8 Å². The number of benzene rings is 1. The van der Waals surface area contributed by atoms with Crippen LogP contribution in [-0.4, -0.2) is 19.1 Å². The first-order valence-corrected chi connectivity index (χ1v) is 5.31. The Morgan fingerprint density at radius 1 is 1.57 bits per heavy atom. The quantitative estimate of drug-likeness (QED) is 0.783. The molecule has 0 amide bonds. The van der Waals surface area contributed by atoms with Gasteiger partial charge in [0.15, 0.2) is 0 Å². The van der Waals surface area contributed by atoms with Gasteiger partial charge in [-0.25, -0.2) is 0 Å². The molecular weight excluding hydrogens is 196 g/mol. The predicted molar refractivity (Wildman–Crippen MR) is 61.1 cm³/mol. The fourth-order valence-corrected chi connectivity index (χ4v) is 2.13. The highest BCUT2D eigenvalue weighted by Crippen LogP contribution is 2.32. The first-order chi connectivity index (χ1) is 6.72. The van der Waals surface area contributed by atoms with E-state index in [1.807, 2.05) is 19.2 Å². The summed E-state index contributed by atoms with van der Waals surface area (Å²) < 4.78 is 0. The predicted octanol–water partition coefficient (Wildman–Crippen LogP) is 2.28. The number of halogens is 1. The zero-order chi connectivity index (χ0) is 10.1. The molecule has 3 heteroatoms. The van der Waals surface area contributed by atoms with Gasteiger partial charge >= 0.3 is 0 Å². The highest BCUT2D eigenvalue weighted by molar-refractivity contribution is 6.31. The lowest BCUT2D eigenvalue weighted by atomic mass is 10.1. The Kier molecular flexibility index (Phi) is 2.66. The van der Waals surface area contributed by atoms with E-state index in [1.165, 1.54) is 11.3 Å². The van der Waals surface area contributed by atoms with Crippen molar-refractivity contribution in [2.45, 2.75) is 25.4 Å². The van der Waals surface area contributed by atoms with Gasteiger partial charge in [0.1, 0.15) is 0 Å². The van der Waals surface area contributed by atoms with Gasteiger partial charge in [-0.05, 0) is 38.1 Å². The molecule has 0 radical (unpaired) electrons. The van der Waals surface area contributed by atoms with Crippen molar-refractivity contribution >= 4 is 17.3 Å². The molecule has 0 saturated heterocycles. The van der Waals surface area contributed by atoms with Gasteiger partial charge in [-0.1, -0.05) is 17.7 Å². The SMILES string of the molecule is CNC(C)C1Cc2c(Cl)cccc2N1. The molecule has 0 spiro atoms. The molecule has 0 bridgehead atoms. The number of anilines is 1. The van der Waals surface area contributed by atoms with E-state index in [0.29, 0.717) is 12.1 Å². The maximum Gasteiger partial charge on any atom is 0.0459 e. The molecule has 0 fully saturated rings. The summed E-state index contributed by atoms with van der Waals surface area (Å²) in [6.45, 7) is 2.18. The second-order valence-electron chi connectivity index (χ2n) is 3.80. The van der Waals surface area contributed by atoms with E-state index in [0.717, 1.165) is 11.4 Å². The average Bonchev–Trinajstić information content (AvgIpc) is 2.62. The number of rotatable bonds is 2. The Balaban J connectivity index is 2.22. The Morgan fingerprint density at radius 2 is 2.36 bits per heavy atom. The van der Waals surface area contributed by atoms with E-state index in [1.54, 1.807) is 0 Å². The molecule has 2 atom stereocenters. The highest BCUT2D eigenvalue weighted by Gasteiger charge is 2.25. The first-order valence-electron chi connectivity index (χ1n) is 4.93. The Labute approximate surface area is 89.7 Å². The number of nitrogens with one attached hydrogen (secondary N) is 2. The third kappa shape index (κ3) is 1.60. The first kappa shape index (κ1) is 9.81. The summed E-state index contributed by atoms with van der Waals surface area (Å²) in [5.41, 5.74) is 2.44. The minimum atomic E-state index is 0.454. The summed E-state index contributed by atoms with van der Waals surface area (Å²) in [6, 6.07) is 6.94. The van der Waals surface area contributed by atoms with Crippen LogP contribution in [0.25, 0.3) is 0 Å². The molecule has 1 aromatic rings. The number of hydrogen-bond acceptors (Lipinski definition) is 2. The largest absolute Gasteiger partial charge is 0.380 e. The third-order valence-electron chi connectivity index (χ3n) is 2.94. The Hall–Kier alpha value is -0.730. The van der Waals surface area contributed by atoms with Crippen molar-refractivity contribution < 1.29 is 0 Å². The molecule has 0 saturated carbocycles. The van der Waals surface area contributed by atoms with Crippen LogP contribution in [0.2, 0.25) is 5.02 Å². The molecule has 14 heavy (non-hydrogen) atoms. The minimum Gasteiger partial charge on any atom is -0.380 e. The van der Waals surface area contributed by atoms with Crippen LogP contribution >= 0.6 is 11.6 Å². The van der Waals surface area contributed by atoms with Crippen LogP contribution in [0, 0.1) is 0 Å². The lowest BCUT2D eigenvalue weighted by Crippen LogP contribution is -2.38. The molecule has 2 unspecified atom stereocenters. The van der Waals surface area contributed by atoms with E-state index >= 15 is 0 Å². The van der Waals surface area contributed by atoms with Crippen LogP contribution in [0.4, 0.5) is 5.69 Å². The molecular formula is C11H15ClN2. The maximum atomic E-state index is 6.12. The van der Waals surface area contributed by atoms with E-state index in [4.69, 9.17) is 11.6 Å². The number of hydrogen-bond donors (Lipinski definition) is 2. The van der Waals surface area contributed by atoms with Crippen molar-refractivity contribution in [2.24, 2.45) is 0 Å².